The lowest BCUT2D eigenvalue weighted by Crippen LogP contribution is -2.05. The second-order valence-corrected chi connectivity index (χ2v) is 3.41. The Labute approximate surface area is 92.5 Å². The maximum atomic E-state index is 10.8. The number of carbonyl (C=O) groups is 1. The summed E-state index contributed by atoms with van der Waals surface area (Å²) in [6, 6.07) is 4.71. The van der Waals surface area contributed by atoms with Crippen molar-refractivity contribution in [2.75, 3.05) is 18.5 Å². The molecule has 0 bridgehead atoms. The van der Waals surface area contributed by atoms with Crippen LogP contribution < -0.4 is 5.32 Å². The molecule has 4 nitrogen and oxygen atoms in total. The average molecular weight is 230 g/mol. The van der Waals surface area contributed by atoms with Gasteiger partial charge in [0.1, 0.15) is 0 Å². The van der Waals surface area contributed by atoms with Crippen molar-refractivity contribution in [1.82, 2.24) is 0 Å². The van der Waals surface area contributed by atoms with Crippen LogP contribution in [0.15, 0.2) is 18.2 Å². The number of aliphatic hydroxyl groups is 1. The van der Waals surface area contributed by atoms with Gasteiger partial charge in [0.2, 0.25) is 0 Å². The highest BCUT2D eigenvalue weighted by molar-refractivity contribution is 6.33. The molecule has 82 valence electrons. The molecule has 0 saturated carbocycles. The molecule has 0 unspecified atom stereocenters. The fraction of sp³-hybridized carbons (Fsp3) is 0.300. The number of hydrogen-bond acceptors (Lipinski definition) is 3. The molecule has 1 aromatic rings. The Bertz CT molecular complexity index is 355. The van der Waals surface area contributed by atoms with E-state index in [0.29, 0.717) is 18.7 Å². The molecule has 0 saturated heterocycles. The van der Waals surface area contributed by atoms with Gasteiger partial charge in [-0.1, -0.05) is 11.6 Å². The van der Waals surface area contributed by atoms with Crippen LogP contribution in [0.2, 0.25) is 5.02 Å². The molecule has 15 heavy (non-hydrogen) atoms. The zero-order valence-electron chi connectivity index (χ0n) is 8.03. The summed E-state index contributed by atoms with van der Waals surface area (Å²) in [5.74, 6) is -1.05. The van der Waals surface area contributed by atoms with Gasteiger partial charge in [-0.2, -0.15) is 0 Å². The summed E-state index contributed by atoms with van der Waals surface area (Å²) in [4.78, 5) is 10.8. The molecule has 5 heteroatoms. The number of aromatic carboxylic acids is 1. The van der Waals surface area contributed by atoms with Gasteiger partial charge in [-0.15, -0.1) is 0 Å². The highest BCUT2D eigenvalue weighted by Crippen LogP contribution is 2.20. The third-order valence-electron chi connectivity index (χ3n) is 1.86. The lowest BCUT2D eigenvalue weighted by molar-refractivity contribution is 0.0697. The third-order valence-corrected chi connectivity index (χ3v) is 2.19. The summed E-state index contributed by atoms with van der Waals surface area (Å²) in [5.41, 5.74) is 0.760. The van der Waals surface area contributed by atoms with Crippen molar-refractivity contribution in [3.8, 4) is 0 Å². The van der Waals surface area contributed by atoms with Crippen molar-refractivity contribution in [2.24, 2.45) is 0 Å². The number of carboxylic acid groups (broad SMARTS) is 1. The van der Waals surface area contributed by atoms with E-state index >= 15 is 0 Å². The van der Waals surface area contributed by atoms with Crippen LogP contribution in [0.4, 0.5) is 5.69 Å². The summed E-state index contributed by atoms with van der Waals surface area (Å²) in [7, 11) is 0. The molecule has 0 aromatic heterocycles. The molecule has 1 aromatic carbocycles. The van der Waals surface area contributed by atoms with Gasteiger partial charge < -0.3 is 15.5 Å². The number of rotatable bonds is 5. The molecule has 0 amide bonds. The maximum Gasteiger partial charge on any atom is 0.337 e. The molecule has 0 aliphatic rings. The molecule has 0 aliphatic carbocycles. The molecule has 0 aliphatic heterocycles. The molecule has 0 fully saturated rings. The molecular formula is C10H12ClNO3. The van der Waals surface area contributed by atoms with Crippen LogP contribution in [0.25, 0.3) is 0 Å². The number of benzene rings is 1. The van der Waals surface area contributed by atoms with Crippen molar-refractivity contribution in [3.05, 3.63) is 28.8 Å². The number of halogens is 1. The SMILES string of the molecule is O=C(O)c1cc(NCCCO)ccc1Cl. The lowest BCUT2D eigenvalue weighted by atomic mass is 10.2. The Kier molecular flexibility index (Phi) is 4.39. The van der Waals surface area contributed by atoms with Gasteiger partial charge in [0, 0.05) is 18.8 Å². The van der Waals surface area contributed by atoms with Crippen LogP contribution in [-0.2, 0) is 0 Å². The van der Waals surface area contributed by atoms with E-state index in [9.17, 15) is 4.79 Å². The van der Waals surface area contributed by atoms with Crippen LogP contribution in [0.5, 0.6) is 0 Å². The van der Waals surface area contributed by atoms with Crippen LogP contribution in [0.1, 0.15) is 16.8 Å². The fourth-order valence-electron chi connectivity index (χ4n) is 1.11. The van der Waals surface area contributed by atoms with Crippen molar-refractivity contribution in [3.63, 3.8) is 0 Å². The predicted molar refractivity (Wildman–Crippen MR) is 58.6 cm³/mol. The minimum Gasteiger partial charge on any atom is -0.478 e. The minimum atomic E-state index is -1.05. The Morgan fingerprint density at radius 3 is 2.80 bits per heavy atom. The van der Waals surface area contributed by atoms with E-state index < -0.39 is 5.97 Å². The second-order valence-electron chi connectivity index (χ2n) is 3.00. The standard InChI is InChI=1S/C10H12ClNO3/c11-9-3-2-7(12-4-1-5-13)6-8(9)10(14)15/h2-3,6,12-13H,1,4-5H2,(H,14,15). The van der Waals surface area contributed by atoms with E-state index in [0.717, 1.165) is 0 Å². The van der Waals surface area contributed by atoms with Crippen molar-refractivity contribution < 1.29 is 15.0 Å². The second kappa shape index (κ2) is 5.58. The molecule has 0 atom stereocenters. The van der Waals surface area contributed by atoms with Gasteiger partial charge in [0.15, 0.2) is 0 Å². The minimum absolute atomic E-state index is 0.0747. The highest BCUT2D eigenvalue weighted by Gasteiger charge is 2.08. The van der Waals surface area contributed by atoms with Gasteiger partial charge in [0.05, 0.1) is 10.6 Å². The van der Waals surface area contributed by atoms with Crippen LogP contribution >= 0.6 is 11.6 Å². The first-order chi connectivity index (χ1) is 7.15. The van der Waals surface area contributed by atoms with E-state index in [2.05, 4.69) is 5.32 Å². The average Bonchev–Trinajstić information content (AvgIpc) is 2.20. The number of carboxylic acids is 1. The van der Waals surface area contributed by atoms with E-state index in [1.807, 2.05) is 0 Å². The zero-order valence-corrected chi connectivity index (χ0v) is 8.79. The van der Waals surface area contributed by atoms with Gasteiger partial charge in [-0.05, 0) is 24.6 Å². The fourth-order valence-corrected chi connectivity index (χ4v) is 1.31. The largest absolute Gasteiger partial charge is 0.478 e. The molecule has 0 spiro atoms. The number of nitrogens with one attached hydrogen (secondary N) is 1. The number of aliphatic hydroxyl groups excluding tert-OH is 1. The third kappa shape index (κ3) is 3.42. The quantitative estimate of drug-likeness (QED) is 0.674. The summed E-state index contributed by atoms with van der Waals surface area (Å²) in [5, 5.41) is 20.6. The van der Waals surface area contributed by atoms with Gasteiger partial charge in [-0.25, -0.2) is 4.79 Å². The van der Waals surface area contributed by atoms with Crippen LogP contribution in [0.3, 0.4) is 0 Å². The number of anilines is 1. The Morgan fingerprint density at radius 2 is 2.20 bits per heavy atom. The van der Waals surface area contributed by atoms with E-state index in [-0.39, 0.29) is 17.2 Å². The molecule has 3 N–H and O–H groups in total. The van der Waals surface area contributed by atoms with Gasteiger partial charge in [0.25, 0.3) is 0 Å². The molecular weight excluding hydrogens is 218 g/mol. The van der Waals surface area contributed by atoms with Crippen molar-refractivity contribution in [1.29, 1.82) is 0 Å². The van der Waals surface area contributed by atoms with Crippen LogP contribution in [-0.4, -0.2) is 29.3 Å². The van der Waals surface area contributed by atoms with Gasteiger partial charge in [-0.3, -0.25) is 0 Å². The van der Waals surface area contributed by atoms with Crippen LogP contribution in [0, 0.1) is 0 Å². The van der Waals surface area contributed by atoms with E-state index in [1.54, 1.807) is 6.07 Å². The molecule has 1 rings (SSSR count). The normalized spacial score (nSPS) is 10.0. The molecule has 0 heterocycles. The lowest BCUT2D eigenvalue weighted by Gasteiger charge is -2.06. The Morgan fingerprint density at radius 1 is 1.47 bits per heavy atom. The summed E-state index contributed by atoms with van der Waals surface area (Å²) in [6.45, 7) is 0.698. The van der Waals surface area contributed by atoms with Crippen molar-refractivity contribution >= 4 is 23.3 Å². The highest BCUT2D eigenvalue weighted by atomic mass is 35.5. The first-order valence-corrected chi connectivity index (χ1v) is 4.90. The topological polar surface area (TPSA) is 69.6 Å². The number of hydrogen-bond donors (Lipinski definition) is 3. The summed E-state index contributed by atoms with van der Waals surface area (Å²) in [6.07, 6.45) is 0.616. The Hall–Kier alpha value is -1.26. The monoisotopic (exact) mass is 229 g/mol. The van der Waals surface area contributed by atoms with Gasteiger partial charge >= 0.3 is 5.97 Å². The first kappa shape index (κ1) is 11.8. The smallest absolute Gasteiger partial charge is 0.337 e. The summed E-state index contributed by atoms with van der Waals surface area (Å²) < 4.78 is 0. The molecule has 0 radical (unpaired) electrons. The van der Waals surface area contributed by atoms with E-state index in [1.165, 1.54) is 12.1 Å². The Balaban J connectivity index is 2.74. The van der Waals surface area contributed by atoms with Crippen molar-refractivity contribution in [2.45, 2.75) is 6.42 Å². The zero-order chi connectivity index (χ0) is 11.3. The summed E-state index contributed by atoms with van der Waals surface area (Å²) >= 11 is 5.70. The predicted octanol–water partition coefficient (Wildman–Crippen LogP) is 1.83. The maximum absolute atomic E-state index is 10.8. The van der Waals surface area contributed by atoms with E-state index in [4.69, 9.17) is 21.8 Å². The first-order valence-electron chi connectivity index (χ1n) is 4.52.